The van der Waals surface area contributed by atoms with E-state index in [9.17, 15) is 9.59 Å². The molecule has 0 aromatic heterocycles. The minimum Gasteiger partial charge on any atom is -0.480 e. The van der Waals surface area contributed by atoms with Gasteiger partial charge in [-0.05, 0) is 13.0 Å². The van der Waals surface area contributed by atoms with E-state index in [2.05, 4.69) is 5.32 Å². The summed E-state index contributed by atoms with van der Waals surface area (Å²) in [5.41, 5.74) is 5.17. The second-order valence-corrected chi connectivity index (χ2v) is 2.10. The van der Waals surface area contributed by atoms with Crippen molar-refractivity contribution in [1.29, 1.82) is 0 Å². The molecule has 0 aliphatic rings. The number of carbonyl (C=O) groups is 2. The summed E-state index contributed by atoms with van der Waals surface area (Å²) in [5, 5.41) is 11.0. The highest BCUT2D eigenvalue weighted by atomic mass is 16.4. The van der Waals surface area contributed by atoms with Crippen molar-refractivity contribution >= 4 is 12.3 Å². The number of nitrogens with two attached hydrogens (primary N) is 1. The number of carboxylic acids is 1. The molecule has 11 heavy (non-hydrogen) atoms. The van der Waals surface area contributed by atoms with Crippen LogP contribution in [0.4, 0.5) is 0 Å². The summed E-state index contributed by atoms with van der Waals surface area (Å²) in [7, 11) is 0. The zero-order chi connectivity index (χ0) is 8.69. The summed E-state index contributed by atoms with van der Waals surface area (Å²) in [6.45, 7) is 0.693. The first-order valence-electron chi connectivity index (χ1n) is 3.31. The van der Waals surface area contributed by atoms with Gasteiger partial charge in [-0.15, -0.1) is 0 Å². The van der Waals surface area contributed by atoms with Gasteiger partial charge in [0.15, 0.2) is 0 Å². The smallest absolute Gasteiger partial charge is 0.320 e. The van der Waals surface area contributed by atoms with Crippen LogP contribution in [-0.4, -0.2) is 36.5 Å². The Morgan fingerprint density at radius 1 is 1.73 bits per heavy atom. The van der Waals surface area contributed by atoms with Gasteiger partial charge in [0.05, 0.1) is 6.54 Å². The number of aldehydes is 1. The Morgan fingerprint density at radius 2 is 2.36 bits per heavy atom. The van der Waals surface area contributed by atoms with Crippen molar-refractivity contribution in [2.24, 2.45) is 5.73 Å². The lowest BCUT2D eigenvalue weighted by Gasteiger charge is -2.04. The molecule has 0 amide bonds. The third-order valence-corrected chi connectivity index (χ3v) is 1.18. The van der Waals surface area contributed by atoms with Gasteiger partial charge in [-0.1, -0.05) is 0 Å². The van der Waals surface area contributed by atoms with Crippen molar-refractivity contribution in [3.63, 3.8) is 0 Å². The quantitative estimate of drug-likeness (QED) is 0.327. The number of hydrogen-bond donors (Lipinski definition) is 3. The molecule has 0 saturated heterocycles. The van der Waals surface area contributed by atoms with E-state index >= 15 is 0 Å². The van der Waals surface area contributed by atoms with Crippen molar-refractivity contribution in [3.05, 3.63) is 0 Å². The van der Waals surface area contributed by atoms with Crippen LogP contribution in [0.1, 0.15) is 6.42 Å². The van der Waals surface area contributed by atoms with Crippen LogP contribution in [0.5, 0.6) is 0 Å². The molecule has 5 nitrogen and oxygen atoms in total. The number of hydrogen-bond acceptors (Lipinski definition) is 4. The molecule has 5 heteroatoms. The third-order valence-electron chi connectivity index (χ3n) is 1.18. The maximum absolute atomic E-state index is 10.1. The predicted molar refractivity (Wildman–Crippen MR) is 39.2 cm³/mol. The van der Waals surface area contributed by atoms with Gasteiger partial charge in [-0.25, -0.2) is 0 Å². The van der Waals surface area contributed by atoms with Crippen LogP contribution < -0.4 is 11.1 Å². The summed E-state index contributed by atoms with van der Waals surface area (Å²) in [6.07, 6.45) is 1.05. The second-order valence-electron chi connectivity index (χ2n) is 2.10. The van der Waals surface area contributed by atoms with Gasteiger partial charge < -0.3 is 21.0 Å². The Bertz CT molecular complexity index is 138. The fourth-order valence-corrected chi connectivity index (χ4v) is 0.542. The highest BCUT2D eigenvalue weighted by molar-refractivity contribution is 5.72. The lowest BCUT2D eigenvalue weighted by Crippen LogP contribution is -2.34. The number of rotatable bonds is 6. The van der Waals surface area contributed by atoms with Crippen LogP contribution in [0.3, 0.4) is 0 Å². The van der Waals surface area contributed by atoms with Gasteiger partial charge in [0, 0.05) is 0 Å². The molecule has 0 spiro atoms. The van der Waals surface area contributed by atoms with E-state index in [0.717, 1.165) is 0 Å². The molecule has 0 aromatic carbocycles. The van der Waals surface area contributed by atoms with Crippen molar-refractivity contribution in [2.75, 3.05) is 13.1 Å². The van der Waals surface area contributed by atoms with Crippen molar-refractivity contribution in [3.8, 4) is 0 Å². The summed E-state index contributed by atoms with van der Waals surface area (Å²) in [6, 6.07) is -0.839. The maximum atomic E-state index is 10.1. The summed E-state index contributed by atoms with van der Waals surface area (Å²) < 4.78 is 0. The molecule has 4 N–H and O–H groups in total. The fourth-order valence-electron chi connectivity index (χ4n) is 0.542. The van der Waals surface area contributed by atoms with E-state index in [-0.39, 0.29) is 6.54 Å². The molecule has 0 aromatic rings. The Morgan fingerprint density at radius 3 is 2.82 bits per heavy atom. The third kappa shape index (κ3) is 5.50. The monoisotopic (exact) mass is 160 g/mol. The first-order chi connectivity index (χ1) is 5.18. The van der Waals surface area contributed by atoms with Crippen molar-refractivity contribution in [1.82, 2.24) is 5.32 Å². The molecule has 1 unspecified atom stereocenters. The maximum Gasteiger partial charge on any atom is 0.320 e. The minimum atomic E-state index is -1.02. The SMILES string of the molecule is NC(CCNCC=O)C(=O)O. The topological polar surface area (TPSA) is 92.4 Å². The summed E-state index contributed by atoms with van der Waals surface area (Å²) in [4.78, 5) is 19.9. The molecule has 0 fully saturated rings. The van der Waals surface area contributed by atoms with E-state index in [0.29, 0.717) is 19.3 Å². The molecule has 64 valence electrons. The van der Waals surface area contributed by atoms with Crippen LogP contribution in [-0.2, 0) is 9.59 Å². The Hall–Kier alpha value is -0.940. The molecule has 0 heterocycles. The van der Waals surface area contributed by atoms with Crippen LogP contribution in [0.15, 0.2) is 0 Å². The van der Waals surface area contributed by atoms with E-state index in [1.165, 1.54) is 0 Å². The van der Waals surface area contributed by atoms with Crippen molar-refractivity contribution < 1.29 is 14.7 Å². The van der Waals surface area contributed by atoms with Crippen LogP contribution >= 0.6 is 0 Å². The summed E-state index contributed by atoms with van der Waals surface area (Å²) in [5.74, 6) is -1.02. The first kappa shape index (κ1) is 10.1. The number of aliphatic carboxylic acids is 1. The minimum absolute atomic E-state index is 0.242. The van der Waals surface area contributed by atoms with Gasteiger partial charge in [-0.2, -0.15) is 0 Å². The lowest BCUT2D eigenvalue weighted by atomic mass is 10.2. The van der Waals surface area contributed by atoms with Crippen LogP contribution in [0, 0.1) is 0 Å². The Balaban J connectivity index is 3.24. The van der Waals surface area contributed by atoms with Crippen LogP contribution in [0.25, 0.3) is 0 Å². The standard InChI is InChI=1S/C6H12N2O3/c7-5(6(10)11)1-2-8-3-4-9/h4-5,8H,1-3,7H2,(H,10,11). The van der Waals surface area contributed by atoms with Crippen LogP contribution in [0.2, 0.25) is 0 Å². The second kappa shape index (κ2) is 5.82. The van der Waals surface area contributed by atoms with Gasteiger partial charge in [0.1, 0.15) is 12.3 Å². The van der Waals surface area contributed by atoms with E-state index < -0.39 is 12.0 Å². The van der Waals surface area contributed by atoms with Gasteiger partial charge in [0.25, 0.3) is 0 Å². The summed E-state index contributed by atoms with van der Waals surface area (Å²) >= 11 is 0. The Labute approximate surface area is 64.6 Å². The molecule has 0 rings (SSSR count). The van der Waals surface area contributed by atoms with E-state index in [1.54, 1.807) is 0 Å². The number of carboxylic acid groups (broad SMARTS) is 1. The molecule has 0 saturated carbocycles. The molecule has 0 bridgehead atoms. The highest BCUT2D eigenvalue weighted by Gasteiger charge is 2.09. The van der Waals surface area contributed by atoms with Crippen molar-refractivity contribution in [2.45, 2.75) is 12.5 Å². The largest absolute Gasteiger partial charge is 0.480 e. The fraction of sp³-hybridized carbons (Fsp3) is 0.667. The zero-order valence-corrected chi connectivity index (χ0v) is 6.12. The van der Waals surface area contributed by atoms with Gasteiger partial charge in [0.2, 0.25) is 0 Å². The van der Waals surface area contributed by atoms with E-state index in [1.807, 2.05) is 0 Å². The van der Waals surface area contributed by atoms with Gasteiger partial charge in [-0.3, -0.25) is 4.79 Å². The first-order valence-corrected chi connectivity index (χ1v) is 3.31. The number of carbonyl (C=O) groups excluding carboxylic acids is 1. The molecule has 1 atom stereocenters. The average Bonchev–Trinajstić information content (AvgIpc) is 1.97. The molecular formula is C6H12N2O3. The molecule has 0 aliphatic heterocycles. The Kier molecular flexibility index (Phi) is 5.32. The normalized spacial score (nSPS) is 12.5. The van der Waals surface area contributed by atoms with Gasteiger partial charge >= 0.3 is 5.97 Å². The van der Waals surface area contributed by atoms with E-state index in [4.69, 9.17) is 10.8 Å². The zero-order valence-electron chi connectivity index (χ0n) is 6.12. The number of nitrogens with one attached hydrogen (secondary N) is 1. The predicted octanol–water partition coefficient (Wildman–Crippen LogP) is -1.42. The molecular weight excluding hydrogens is 148 g/mol. The highest BCUT2D eigenvalue weighted by Crippen LogP contribution is 1.84. The molecule has 0 aliphatic carbocycles. The average molecular weight is 160 g/mol. The lowest BCUT2D eigenvalue weighted by molar-refractivity contribution is -0.138. The molecule has 0 radical (unpaired) electrons.